The van der Waals surface area contributed by atoms with Gasteiger partial charge in [-0.15, -0.1) is 5.10 Å². The van der Waals surface area contributed by atoms with Gasteiger partial charge in [-0.1, -0.05) is 11.6 Å². The summed E-state index contributed by atoms with van der Waals surface area (Å²) in [6.45, 7) is 3.75. The van der Waals surface area contributed by atoms with Gasteiger partial charge in [-0.05, 0) is 25.1 Å². The zero-order valence-corrected chi connectivity index (χ0v) is 16.8. The largest absolute Gasteiger partial charge is 0.460 e. The first-order chi connectivity index (χ1) is 13.1. The fourth-order valence-electron chi connectivity index (χ4n) is 3.02. The van der Waals surface area contributed by atoms with Gasteiger partial charge in [0.1, 0.15) is 0 Å². The number of anilines is 1. The number of piperidine rings is 1. The fourth-order valence-corrected chi connectivity index (χ4v) is 3.18. The molecular weight excluding hydrogens is 397 g/mol. The molecule has 0 saturated carbocycles. The maximum absolute atomic E-state index is 12.9. The molecule has 1 heterocycles. The van der Waals surface area contributed by atoms with Gasteiger partial charge in [0.25, 0.3) is 0 Å². The van der Waals surface area contributed by atoms with E-state index in [9.17, 15) is 18.0 Å². The van der Waals surface area contributed by atoms with E-state index < -0.39 is 17.7 Å². The number of likely N-dealkylation sites (N-methyl/N-ethyl adjacent to an activating group) is 1. The summed E-state index contributed by atoms with van der Waals surface area (Å²) in [7, 11) is 3.84. The van der Waals surface area contributed by atoms with Crippen LogP contribution in [0, 0.1) is 0 Å². The summed E-state index contributed by atoms with van der Waals surface area (Å²) in [5, 5.41) is 4.11. The van der Waals surface area contributed by atoms with E-state index in [1.165, 1.54) is 4.90 Å². The van der Waals surface area contributed by atoms with E-state index in [4.69, 9.17) is 16.3 Å². The Balaban J connectivity index is 2.26. The van der Waals surface area contributed by atoms with Crippen molar-refractivity contribution in [2.24, 2.45) is 5.10 Å². The minimum atomic E-state index is -4.51. The van der Waals surface area contributed by atoms with Crippen molar-refractivity contribution in [3.8, 4) is 0 Å². The van der Waals surface area contributed by atoms with Crippen LogP contribution in [0.15, 0.2) is 23.3 Å². The number of carbonyl (C=O) groups is 1. The maximum Gasteiger partial charge on any atom is 0.416 e. The number of halogens is 4. The van der Waals surface area contributed by atoms with Crippen LogP contribution < -0.4 is 10.3 Å². The second kappa shape index (κ2) is 9.47. The third-order valence-electron chi connectivity index (χ3n) is 4.72. The second-order valence-corrected chi connectivity index (χ2v) is 7.17. The van der Waals surface area contributed by atoms with Crippen molar-refractivity contribution in [3.05, 3.63) is 28.8 Å². The molecule has 0 bridgehead atoms. The molecule has 10 heteroatoms. The molecule has 0 aliphatic carbocycles. The van der Waals surface area contributed by atoms with Crippen molar-refractivity contribution in [1.29, 1.82) is 0 Å². The fraction of sp³-hybridized carbons (Fsp3) is 0.556. The Bertz CT molecular complexity index is 719. The van der Waals surface area contributed by atoms with Crippen LogP contribution in [0.4, 0.5) is 18.9 Å². The lowest BCUT2D eigenvalue weighted by Gasteiger charge is -2.34. The third kappa shape index (κ3) is 5.75. The van der Waals surface area contributed by atoms with Gasteiger partial charge in [0.05, 0.1) is 43.0 Å². The number of carbonyl (C=O) groups excluding carboxylic acids is 1. The number of hydrogen-bond acceptors (Lipinski definition) is 4. The summed E-state index contributed by atoms with van der Waals surface area (Å²) in [6, 6.07) is 2.96. The van der Waals surface area contributed by atoms with Gasteiger partial charge in [0, 0.05) is 25.9 Å². The van der Waals surface area contributed by atoms with Gasteiger partial charge in [0.15, 0.2) is 0 Å². The molecule has 0 atom stereocenters. The number of rotatable bonds is 4. The average Bonchev–Trinajstić information content (AvgIpc) is 2.63. The number of ether oxygens (including phenoxy) is 1. The first-order valence-electron chi connectivity index (χ1n) is 9.05. The zero-order valence-electron chi connectivity index (χ0n) is 16.1. The summed E-state index contributed by atoms with van der Waals surface area (Å²) in [5.41, 5.74) is 1.60. The molecule has 0 amide bonds. The molecule has 6 nitrogen and oxygen atoms in total. The van der Waals surface area contributed by atoms with Crippen LogP contribution in [-0.4, -0.2) is 56.5 Å². The monoisotopic (exact) mass is 421 g/mol. The number of esters is 1. The van der Waals surface area contributed by atoms with E-state index in [2.05, 4.69) is 17.6 Å². The summed E-state index contributed by atoms with van der Waals surface area (Å²) < 4.78 is 43.9. The average molecular weight is 422 g/mol. The number of benzene rings is 1. The SMILES string of the molecule is CCOC(=O)/C(=N/Nc1cc(C(F)(F)F)ccc1Cl)N(C)C1CC[NH+](C)CC1. The van der Waals surface area contributed by atoms with E-state index in [0.717, 1.165) is 44.1 Å². The van der Waals surface area contributed by atoms with E-state index in [0.29, 0.717) is 0 Å². The Morgan fingerprint density at radius 2 is 2.04 bits per heavy atom. The molecular formula is C18H25ClF3N4O2+. The molecule has 156 valence electrons. The van der Waals surface area contributed by atoms with Crippen LogP contribution >= 0.6 is 11.6 Å². The highest BCUT2D eigenvalue weighted by Gasteiger charge is 2.31. The predicted molar refractivity (Wildman–Crippen MR) is 102 cm³/mol. The first kappa shape index (κ1) is 22.3. The number of alkyl halides is 3. The minimum Gasteiger partial charge on any atom is -0.460 e. The smallest absolute Gasteiger partial charge is 0.416 e. The molecule has 0 radical (unpaired) electrons. The van der Waals surface area contributed by atoms with Crippen LogP contribution in [0.1, 0.15) is 25.3 Å². The van der Waals surface area contributed by atoms with Gasteiger partial charge in [-0.2, -0.15) is 13.2 Å². The second-order valence-electron chi connectivity index (χ2n) is 6.76. The summed E-state index contributed by atoms with van der Waals surface area (Å²) in [4.78, 5) is 15.5. The van der Waals surface area contributed by atoms with Gasteiger partial charge in [-0.25, -0.2) is 4.79 Å². The highest BCUT2D eigenvalue weighted by molar-refractivity contribution is 6.35. The van der Waals surface area contributed by atoms with E-state index >= 15 is 0 Å². The molecule has 0 spiro atoms. The topological polar surface area (TPSA) is 58.4 Å². The van der Waals surface area contributed by atoms with E-state index in [1.54, 1.807) is 18.9 Å². The quantitative estimate of drug-likeness (QED) is 0.339. The Morgan fingerprint density at radius 1 is 1.39 bits per heavy atom. The Hall–Kier alpha value is -2.00. The minimum absolute atomic E-state index is 0.000110. The Morgan fingerprint density at radius 3 is 2.61 bits per heavy atom. The molecule has 2 N–H and O–H groups in total. The Kier molecular flexibility index (Phi) is 7.54. The third-order valence-corrected chi connectivity index (χ3v) is 5.05. The molecule has 1 aromatic carbocycles. The van der Waals surface area contributed by atoms with Crippen molar-refractivity contribution in [2.75, 3.05) is 39.2 Å². The van der Waals surface area contributed by atoms with Gasteiger partial charge in [-0.3, -0.25) is 5.43 Å². The molecule has 0 aromatic heterocycles. The number of amidine groups is 1. The lowest BCUT2D eigenvalue weighted by atomic mass is 10.0. The number of hydrazone groups is 1. The Labute approximate surface area is 167 Å². The van der Waals surface area contributed by atoms with Crippen LogP contribution in [0.5, 0.6) is 0 Å². The molecule has 1 aromatic rings. The van der Waals surface area contributed by atoms with Crippen LogP contribution in [0.25, 0.3) is 0 Å². The molecule has 2 rings (SSSR count). The highest BCUT2D eigenvalue weighted by atomic mass is 35.5. The predicted octanol–water partition coefficient (Wildman–Crippen LogP) is 2.26. The number of nitrogens with one attached hydrogen (secondary N) is 2. The number of likely N-dealkylation sites (tertiary alicyclic amines) is 1. The van der Waals surface area contributed by atoms with Crippen LogP contribution in [0.2, 0.25) is 5.02 Å². The summed E-state index contributed by atoms with van der Waals surface area (Å²) in [5.74, 6) is -0.647. The van der Waals surface area contributed by atoms with Crippen molar-refractivity contribution >= 4 is 29.1 Å². The number of hydrogen-bond donors (Lipinski definition) is 2. The highest BCUT2D eigenvalue weighted by Crippen LogP contribution is 2.33. The van der Waals surface area contributed by atoms with Gasteiger partial charge >= 0.3 is 12.1 Å². The van der Waals surface area contributed by atoms with Crippen LogP contribution in [-0.2, 0) is 15.7 Å². The van der Waals surface area contributed by atoms with Crippen LogP contribution in [0.3, 0.4) is 0 Å². The van der Waals surface area contributed by atoms with Gasteiger partial charge in [0.2, 0.25) is 5.84 Å². The summed E-state index contributed by atoms with van der Waals surface area (Å²) >= 11 is 5.98. The van der Waals surface area contributed by atoms with Crippen molar-refractivity contribution in [3.63, 3.8) is 0 Å². The lowest BCUT2D eigenvalue weighted by Crippen LogP contribution is -3.10. The summed E-state index contributed by atoms with van der Waals surface area (Å²) in [6.07, 6.45) is -2.78. The van der Waals surface area contributed by atoms with E-state index in [-0.39, 0.29) is 29.2 Å². The molecule has 0 unspecified atom stereocenters. The number of quaternary nitrogens is 1. The molecule has 1 fully saturated rings. The maximum atomic E-state index is 12.9. The molecule has 1 aliphatic rings. The number of nitrogens with zero attached hydrogens (tertiary/aromatic N) is 2. The zero-order chi connectivity index (χ0) is 20.9. The van der Waals surface area contributed by atoms with Crippen molar-refractivity contribution in [2.45, 2.75) is 32.0 Å². The molecule has 28 heavy (non-hydrogen) atoms. The standard InChI is InChI=1S/C18H24ClF3N4O2/c1-4-28-17(27)16(26(3)13-7-9-25(2)10-8-13)24-23-15-11-12(18(20,21)22)5-6-14(15)19/h5-6,11,13,23H,4,7-10H2,1-3H3/p+1/b24-16-. The normalized spacial score (nSPS) is 20.6. The van der Waals surface area contributed by atoms with Crippen molar-refractivity contribution in [1.82, 2.24) is 4.90 Å². The molecule has 1 saturated heterocycles. The first-order valence-corrected chi connectivity index (χ1v) is 9.43. The van der Waals surface area contributed by atoms with Crippen molar-refractivity contribution < 1.29 is 27.6 Å². The lowest BCUT2D eigenvalue weighted by molar-refractivity contribution is -0.885. The van der Waals surface area contributed by atoms with Gasteiger partial charge < -0.3 is 14.5 Å². The molecule has 1 aliphatic heterocycles. The van der Waals surface area contributed by atoms with E-state index in [1.807, 2.05) is 0 Å².